The minimum absolute atomic E-state index is 0.0272. The molecule has 2 amide bonds. The summed E-state index contributed by atoms with van der Waals surface area (Å²) in [5.74, 6) is 0.732. The normalized spacial score (nSPS) is 16.9. The highest BCUT2D eigenvalue weighted by atomic mass is 16.5. The van der Waals surface area contributed by atoms with Crippen LogP contribution in [-0.2, 0) is 17.8 Å². The highest BCUT2D eigenvalue weighted by Gasteiger charge is 2.27. The Labute approximate surface area is 172 Å². The maximum atomic E-state index is 13.0. The molecule has 0 aromatic heterocycles. The number of carbonyl (C=O) groups is 2. The molecule has 0 atom stereocenters. The summed E-state index contributed by atoms with van der Waals surface area (Å²) in [6.45, 7) is 2.95. The van der Waals surface area contributed by atoms with Crippen molar-refractivity contribution < 1.29 is 14.3 Å². The van der Waals surface area contributed by atoms with Crippen molar-refractivity contribution in [3.63, 3.8) is 0 Å². The fraction of sp³-hybridized carbons (Fsp3) is 0.417. The molecule has 2 aliphatic heterocycles. The van der Waals surface area contributed by atoms with Gasteiger partial charge in [-0.05, 0) is 37.0 Å². The van der Waals surface area contributed by atoms with E-state index >= 15 is 0 Å². The molecule has 0 unspecified atom stereocenters. The third-order valence-corrected chi connectivity index (χ3v) is 5.81. The third kappa shape index (κ3) is 4.61. The molecule has 2 aromatic rings. The van der Waals surface area contributed by atoms with Gasteiger partial charge in [-0.15, -0.1) is 0 Å². The predicted octanol–water partition coefficient (Wildman–Crippen LogP) is 3.67. The molecule has 0 radical (unpaired) electrons. The van der Waals surface area contributed by atoms with Crippen LogP contribution in [0, 0.1) is 0 Å². The molecule has 0 aliphatic carbocycles. The van der Waals surface area contributed by atoms with E-state index in [0.717, 1.165) is 43.5 Å². The molecule has 5 nitrogen and oxygen atoms in total. The predicted molar refractivity (Wildman–Crippen MR) is 112 cm³/mol. The van der Waals surface area contributed by atoms with Crippen molar-refractivity contribution in [1.82, 2.24) is 9.80 Å². The van der Waals surface area contributed by atoms with Crippen LogP contribution in [0.5, 0.6) is 5.75 Å². The maximum absolute atomic E-state index is 13.0. The molecular weight excluding hydrogens is 364 g/mol. The van der Waals surface area contributed by atoms with Crippen molar-refractivity contribution in [2.24, 2.45) is 0 Å². The molecule has 4 rings (SSSR count). The summed E-state index contributed by atoms with van der Waals surface area (Å²) in [7, 11) is 0. The van der Waals surface area contributed by atoms with E-state index < -0.39 is 0 Å². The Balaban J connectivity index is 1.42. The van der Waals surface area contributed by atoms with E-state index in [9.17, 15) is 9.59 Å². The van der Waals surface area contributed by atoms with Crippen molar-refractivity contribution in [2.75, 3.05) is 26.2 Å². The molecule has 2 aromatic carbocycles. The Morgan fingerprint density at radius 3 is 2.41 bits per heavy atom. The highest BCUT2D eigenvalue weighted by Crippen LogP contribution is 2.29. The summed E-state index contributed by atoms with van der Waals surface area (Å²) in [5.41, 5.74) is 2.73. The van der Waals surface area contributed by atoms with E-state index in [1.165, 1.54) is 12.8 Å². The van der Waals surface area contributed by atoms with E-state index in [4.69, 9.17) is 4.74 Å². The Morgan fingerprint density at radius 1 is 0.897 bits per heavy atom. The van der Waals surface area contributed by atoms with E-state index in [1.807, 2.05) is 58.3 Å². The van der Waals surface area contributed by atoms with Crippen LogP contribution < -0.4 is 4.74 Å². The molecule has 2 aliphatic rings. The van der Waals surface area contributed by atoms with E-state index in [2.05, 4.69) is 0 Å². The van der Waals surface area contributed by atoms with Gasteiger partial charge in [0.25, 0.3) is 11.8 Å². The van der Waals surface area contributed by atoms with Gasteiger partial charge in [-0.2, -0.15) is 0 Å². The van der Waals surface area contributed by atoms with Crippen LogP contribution in [0.3, 0.4) is 0 Å². The molecule has 0 saturated carbocycles. The average Bonchev–Trinajstić information content (AvgIpc) is 3.04. The summed E-state index contributed by atoms with van der Waals surface area (Å²) in [6, 6.07) is 15.6. The standard InChI is InChI=1S/C24H28N2O3/c27-23(25-14-6-1-2-7-15-25)18-29-22-12-8-11-21-20(22)13-16-26(24(21)28)17-19-9-4-3-5-10-19/h3-5,8-12H,1-2,6-7,13-18H2. The average molecular weight is 392 g/mol. The summed E-state index contributed by atoms with van der Waals surface area (Å²) in [5, 5.41) is 0. The lowest BCUT2D eigenvalue weighted by Crippen LogP contribution is -2.38. The number of ether oxygens (including phenoxy) is 1. The van der Waals surface area contributed by atoms with Crippen LogP contribution in [0.25, 0.3) is 0 Å². The fourth-order valence-electron chi connectivity index (χ4n) is 4.18. The molecule has 0 bridgehead atoms. The zero-order chi connectivity index (χ0) is 20.1. The second-order valence-electron chi connectivity index (χ2n) is 7.83. The zero-order valence-corrected chi connectivity index (χ0v) is 16.8. The van der Waals surface area contributed by atoms with Gasteiger partial charge < -0.3 is 14.5 Å². The molecule has 0 N–H and O–H groups in total. The molecule has 29 heavy (non-hydrogen) atoms. The van der Waals surface area contributed by atoms with Crippen LogP contribution in [0.2, 0.25) is 0 Å². The first-order valence-corrected chi connectivity index (χ1v) is 10.6. The number of amides is 2. The van der Waals surface area contributed by atoms with Crippen LogP contribution >= 0.6 is 0 Å². The monoisotopic (exact) mass is 392 g/mol. The Bertz CT molecular complexity index is 858. The minimum atomic E-state index is 0.0272. The van der Waals surface area contributed by atoms with Gasteiger partial charge in [0, 0.05) is 37.3 Å². The lowest BCUT2D eigenvalue weighted by molar-refractivity contribution is -0.133. The first kappa shape index (κ1) is 19.5. The number of hydrogen-bond donors (Lipinski definition) is 0. The van der Waals surface area contributed by atoms with Gasteiger partial charge in [0.2, 0.25) is 0 Å². The number of nitrogens with zero attached hydrogens (tertiary/aromatic N) is 2. The van der Waals surface area contributed by atoms with Gasteiger partial charge in [-0.1, -0.05) is 49.2 Å². The number of likely N-dealkylation sites (tertiary alicyclic amines) is 1. The van der Waals surface area contributed by atoms with Crippen molar-refractivity contribution in [2.45, 2.75) is 38.6 Å². The number of fused-ring (bicyclic) bond motifs is 1. The number of hydrogen-bond acceptors (Lipinski definition) is 3. The van der Waals surface area contributed by atoms with Crippen LogP contribution in [-0.4, -0.2) is 47.9 Å². The molecule has 5 heteroatoms. The molecule has 0 spiro atoms. The van der Waals surface area contributed by atoms with Gasteiger partial charge in [-0.3, -0.25) is 9.59 Å². The van der Waals surface area contributed by atoms with Gasteiger partial charge in [0.15, 0.2) is 6.61 Å². The fourth-order valence-corrected chi connectivity index (χ4v) is 4.18. The zero-order valence-electron chi connectivity index (χ0n) is 16.8. The lowest BCUT2D eigenvalue weighted by Gasteiger charge is -2.30. The maximum Gasteiger partial charge on any atom is 0.260 e. The first-order valence-electron chi connectivity index (χ1n) is 10.6. The second kappa shape index (κ2) is 9.12. The van der Waals surface area contributed by atoms with Crippen molar-refractivity contribution >= 4 is 11.8 Å². The second-order valence-corrected chi connectivity index (χ2v) is 7.83. The minimum Gasteiger partial charge on any atom is -0.483 e. The topological polar surface area (TPSA) is 49.9 Å². The van der Waals surface area contributed by atoms with Crippen LogP contribution in [0.15, 0.2) is 48.5 Å². The SMILES string of the molecule is O=C(COc1cccc2c1CCN(Cc1ccccc1)C2=O)N1CCCCCC1. The summed E-state index contributed by atoms with van der Waals surface area (Å²) >= 11 is 0. The molecular formula is C24H28N2O3. The van der Waals surface area contributed by atoms with E-state index in [-0.39, 0.29) is 18.4 Å². The van der Waals surface area contributed by atoms with E-state index in [0.29, 0.717) is 24.4 Å². The Morgan fingerprint density at radius 2 is 1.66 bits per heavy atom. The molecule has 152 valence electrons. The van der Waals surface area contributed by atoms with Crippen molar-refractivity contribution in [1.29, 1.82) is 0 Å². The molecule has 1 fully saturated rings. The van der Waals surface area contributed by atoms with Crippen LogP contribution in [0.4, 0.5) is 0 Å². The number of carbonyl (C=O) groups excluding carboxylic acids is 2. The van der Waals surface area contributed by atoms with Crippen molar-refractivity contribution in [3.05, 3.63) is 65.2 Å². The summed E-state index contributed by atoms with van der Waals surface area (Å²) < 4.78 is 5.90. The van der Waals surface area contributed by atoms with Gasteiger partial charge in [0.1, 0.15) is 5.75 Å². The van der Waals surface area contributed by atoms with Crippen molar-refractivity contribution in [3.8, 4) is 5.75 Å². The lowest BCUT2D eigenvalue weighted by atomic mass is 9.97. The summed E-state index contributed by atoms with van der Waals surface area (Å²) in [6.07, 6.45) is 5.26. The van der Waals surface area contributed by atoms with Gasteiger partial charge >= 0.3 is 0 Å². The Hall–Kier alpha value is -2.82. The number of benzene rings is 2. The highest BCUT2D eigenvalue weighted by molar-refractivity contribution is 5.97. The molecule has 1 saturated heterocycles. The molecule has 2 heterocycles. The van der Waals surface area contributed by atoms with E-state index in [1.54, 1.807) is 0 Å². The largest absolute Gasteiger partial charge is 0.483 e. The van der Waals surface area contributed by atoms with Crippen LogP contribution in [0.1, 0.15) is 47.2 Å². The smallest absolute Gasteiger partial charge is 0.260 e. The van der Waals surface area contributed by atoms with Gasteiger partial charge in [-0.25, -0.2) is 0 Å². The third-order valence-electron chi connectivity index (χ3n) is 5.81. The Kier molecular flexibility index (Phi) is 6.13. The summed E-state index contributed by atoms with van der Waals surface area (Å²) in [4.78, 5) is 29.3. The van der Waals surface area contributed by atoms with Gasteiger partial charge in [0.05, 0.1) is 0 Å². The quantitative estimate of drug-likeness (QED) is 0.780. The first-order chi connectivity index (χ1) is 14.2. The number of rotatable bonds is 5.